The fourth-order valence-corrected chi connectivity index (χ4v) is 1.70. The summed E-state index contributed by atoms with van der Waals surface area (Å²) in [5, 5.41) is 8.87. The Kier molecular flexibility index (Phi) is 2.48. The summed E-state index contributed by atoms with van der Waals surface area (Å²) in [6.45, 7) is 3.92. The number of pyridine rings is 1. The molecule has 16 heavy (non-hydrogen) atoms. The van der Waals surface area contributed by atoms with Gasteiger partial charge in [-0.25, -0.2) is 9.78 Å². The molecule has 4 heteroatoms. The molecule has 0 saturated carbocycles. The SMILES string of the molecule is Cc1ccc(C)n1-c1cccc(C(=O)O)n1. The molecular formula is C12H12N2O2. The lowest BCUT2D eigenvalue weighted by Crippen LogP contribution is -2.06. The summed E-state index contributed by atoms with van der Waals surface area (Å²) in [4.78, 5) is 14.9. The van der Waals surface area contributed by atoms with Gasteiger partial charge in [-0.3, -0.25) is 0 Å². The molecule has 0 spiro atoms. The lowest BCUT2D eigenvalue weighted by Gasteiger charge is -2.08. The molecule has 0 aliphatic heterocycles. The van der Waals surface area contributed by atoms with Gasteiger partial charge in [0.25, 0.3) is 0 Å². The third-order valence-corrected chi connectivity index (χ3v) is 2.45. The van der Waals surface area contributed by atoms with Crippen LogP contribution in [0.3, 0.4) is 0 Å². The third-order valence-electron chi connectivity index (χ3n) is 2.45. The quantitative estimate of drug-likeness (QED) is 0.837. The Labute approximate surface area is 93.2 Å². The first kappa shape index (κ1) is 10.4. The van der Waals surface area contributed by atoms with Crippen molar-refractivity contribution in [3.63, 3.8) is 0 Å². The second kappa shape index (κ2) is 3.81. The second-order valence-corrected chi connectivity index (χ2v) is 3.64. The molecule has 0 bridgehead atoms. The third kappa shape index (κ3) is 1.69. The van der Waals surface area contributed by atoms with Crippen molar-refractivity contribution in [3.8, 4) is 5.82 Å². The highest BCUT2D eigenvalue weighted by molar-refractivity contribution is 5.85. The molecule has 2 heterocycles. The molecule has 0 amide bonds. The van der Waals surface area contributed by atoms with Crippen LogP contribution in [-0.2, 0) is 0 Å². The van der Waals surface area contributed by atoms with Crippen LogP contribution in [0.2, 0.25) is 0 Å². The number of carbonyl (C=O) groups is 1. The van der Waals surface area contributed by atoms with Gasteiger partial charge in [-0.1, -0.05) is 6.07 Å². The number of aromatic nitrogens is 2. The Bertz CT molecular complexity index is 524. The summed E-state index contributed by atoms with van der Waals surface area (Å²) in [6.07, 6.45) is 0. The van der Waals surface area contributed by atoms with E-state index in [4.69, 9.17) is 5.11 Å². The van der Waals surface area contributed by atoms with Crippen molar-refractivity contribution < 1.29 is 9.90 Å². The molecule has 2 rings (SSSR count). The van der Waals surface area contributed by atoms with Crippen LogP contribution in [-0.4, -0.2) is 20.6 Å². The van der Waals surface area contributed by atoms with Crippen LogP contribution in [0.5, 0.6) is 0 Å². The van der Waals surface area contributed by atoms with E-state index in [9.17, 15) is 4.79 Å². The molecule has 4 nitrogen and oxygen atoms in total. The maximum Gasteiger partial charge on any atom is 0.354 e. The van der Waals surface area contributed by atoms with E-state index in [1.165, 1.54) is 6.07 Å². The van der Waals surface area contributed by atoms with Crippen LogP contribution >= 0.6 is 0 Å². The van der Waals surface area contributed by atoms with Crippen molar-refractivity contribution in [2.24, 2.45) is 0 Å². The largest absolute Gasteiger partial charge is 0.477 e. The Balaban J connectivity index is 2.57. The monoisotopic (exact) mass is 216 g/mol. The summed E-state index contributed by atoms with van der Waals surface area (Å²) in [5.41, 5.74) is 2.13. The molecule has 2 aromatic heterocycles. The molecule has 0 aromatic carbocycles. The molecule has 2 aromatic rings. The Morgan fingerprint density at radius 1 is 1.19 bits per heavy atom. The van der Waals surface area contributed by atoms with Gasteiger partial charge in [0.1, 0.15) is 5.82 Å². The summed E-state index contributed by atoms with van der Waals surface area (Å²) in [7, 11) is 0. The maximum absolute atomic E-state index is 10.8. The topological polar surface area (TPSA) is 55.1 Å². The Morgan fingerprint density at radius 3 is 2.38 bits per heavy atom. The first-order valence-electron chi connectivity index (χ1n) is 4.95. The van der Waals surface area contributed by atoms with Crippen molar-refractivity contribution in [2.45, 2.75) is 13.8 Å². The van der Waals surface area contributed by atoms with E-state index >= 15 is 0 Å². The van der Waals surface area contributed by atoms with E-state index in [1.54, 1.807) is 12.1 Å². The minimum atomic E-state index is -1.01. The van der Waals surface area contributed by atoms with Gasteiger partial charge in [0.15, 0.2) is 5.69 Å². The van der Waals surface area contributed by atoms with E-state index in [-0.39, 0.29) is 5.69 Å². The summed E-state index contributed by atoms with van der Waals surface area (Å²) in [5.74, 6) is -0.371. The number of carboxylic acid groups (broad SMARTS) is 1. The molecular weight excluding hydrogens is 204 g/mol. The van der Waals surface area contributed by atoms with E-state index in [2.05, 4.69) is 4.98 Å². The van der Waals surface area contributed by atoms with E-state index in [0.717, 1.165) is 11.4 Å². The molecule has 0 unspecified atom stereocenters. The highest BCUT2D eigenvalue weighted by Crippen LogP contribution is 2.14. The fourth-order valence-electron chi connectivity index (χ4n) is 1.70. The van der Waals surface area contributed by atoms with Crippen LogP contribution in [0.4, 0.5) is 0 Å². The Morgan fingerprint density at radius 2 is 1.81 bits per heavy atom. The Hall–Kier alpha value is -2.10. The highest BCUT2D eigenvalue weighted by atomic mass is 16.4. The van der Waals surface area contributed by atoms with Gasteiger partial charge < -0.3 is 9.67 Å². The van der Waals surface area contributed by atoms with Crippen LogP contribution in [0.1, 0.15) is 21.9 Å². The van der Waals surface area contributed by atoms with Gasteiger partial charge in [0, 0.05) is 11.4 Å². The molecule has 0 atom stereocenters. The number of carboxylic acids is 1. The van der Waals surface area contributed by atoms with Crippen LogP contribution in [0.25, 0.3) is 5.82 Å². The van der Waals surface area contributed by atoms with Crippen molar-refractivity contribution >= 4 is 5.97 Å². The second-order valence-electron chi connectivity index (χ2n) is 3.64. The fraction of sp³-hybridized carbons (Fsp3) is 0.167. The standard InChI is InChI=1S/C12H12N2O2/c1-8-6-7-9(2)14(8)11-5-3-4-10(13-11)12(15)16/h3-7H,1-2H3,(H,15,16). The minimum absolute atomic E-state index is 0.0602. The molecule has 0 radical (unpaired) electrons. The summed E-state index contributed by atoms with van der Waals surface area (Å²) in [6, 6.07) is 8.94. The first-order valence-corrected chi connectivity index (χ1v) is 4.95. The van der Waals surface area contributed by atoms with Gasteiger partial charge in [0.2, 0.25) is 0 Å². The van der Waals surface area contributed by atoms with Gasteiger partial charge >= 0.3 is 5.97 Å². The number of rotatable bonds is 2. The van der Waals surface area contributed by atoms with Crippen LogP contribution < -0.4 is 0 Å². The van der Waals surface area contributed by atoms with E-state index in [0.29, 0.717) is 5.82 Å². The van der Waals surface area contributed by atoms with Gasteiger partial charge in [-0.2, -0.15) is 0 Å². The molecule has 0 aliphatic rings. The number of aryl methyl sites for hydroxylation is 2. The number of aromatic carboxylic acids is 1. The smallest absolute Gasteiger partial charge is 0.354 e. The highest BCUT2D eigenvalue weighted by Gasteiger charge is 2.08. The predicted octanol–water partition coefficient (Wildman–Crippen LogP) is 2.19. The molecule has 0 aliphatic carbocycles. The minimum Gasteiger partial charge on any atom is -0.477 e. The number of hydrogen-bond acceptors (Lipinski definition) is 2. The van der Waals surface area contributed by atoms with E-state index < -0.39 is 5.97 Å². The van der Waals surface area contributed by atoms with Crippen LogP contribution in [0.15, 0.2) is 30.3 Å². The van der Waals surface area contributed by atoms with Crippen molar-refractivity contribution in [1.82, 2.24) is 9.55 Å². The maximum atomic E-state index is 10.8. The van der Waals surface area contributed by atoms with Crippen molar-refractivity contribution in [3.05, 3.63) is 47.4 Å². The summed E-state index contributed by atoms with van der Waals surface area (Å²) < 4.78 is 1.92. The van der Waals surface area contributed by atoms with Gasteiger partial charge in [0.05, 0.1) is 0 Å². The van der Waals surface area contributed by atoms with Crippen molar-refractivity contribution in [2.75, 3.05) is 0 Å². The number of hydrogen-bond donors (Lipinski definition) is 1. The molecule has 1 N–H and O–H groups in total. The molecule has 0 saturated heterocycles. The average Bonchev–Trinajstić information content (AvgIpc) is 2.59. The molecule has 82 valence electrons. The lowest BCUT2D eigenvalue weighted by atomic mass is 10.3. The average molecular weight is 216 g/mol. The lowest BCUT2D eigenvalue weighted by molar-refractivity contribution is 0.0690. The van der Waals surface area contributed by atoms with Crippen LogP contribution in [0, 0.1) is 13.8 Å². The van der Waals surface area contributed by atoms with Gasteiger partial charge in [-0.05, 0) is 38.1 Å². The zero-order valence-corrected chi connectivity index (χ0v) is 9.14. The van der Waals surface area contributed by atoms with Crippen molar-refractivity contribution in [1.29, 1.82) is 0 Å². The zero-order chi connectivity index (χ0) is 11.7. The van der Waals surface area contributed by atoms with Gasteiger partial charge in [-0.15, -0.1) is 0 Å². The zero-order valence-electron chi connectivity index (χ0n) is 9.14. The first-order chi connectivity index (χ1) is 7.59. The molecule has 0 fully saturated rings. The normalized spacial score (nSPS) is 10.4. The predicted molar refractivity (Wildman–Crippen MR) is 60.0 cm³/mol. The number of nitrogens with zero attached hydrogens (tertiary/aromatic N) is 2. The summed E-state index contributed by atoms with van der Waals surface area (Å²) >= 11 is 0. The van der Waals surface area contributed by atoms with E-state index in [1.807, 2.05) is 30.5 Å².